The number of hydrogen-bond acceptors (Lipinski definition) is 4. The Hall–Kier alpha value is -2.69. The Morgan fingerprint density at radius 1 is 1.13 bits per heavy atom. The van der Waals surface area contributed by atoms with Gasteiger partial charge in [-0.25, -0.2) is 4.98 Å². The number of Topliss-reactive ketones (excluding diaryl/α,β-unsaturated/α-hetero) is 1. The third-order valence-electron chi connectivity index (χ3n) is 3.39. The number of aromatic nitrogens is 1. The number of ether oxygens (including phenoxy) is 1. The van der Waals surface area contributed by atoms with E-state index in [9.17, 15) is 9.59 Å². The summed E-state index contributed by atoms with van der Waals surface area (Å²) in [4.78, 5) is 28.5. The van der Waals surface area contributed by atoms with Crippen molar-refractivity contribution < 1.29 is 14.3 Å². The van der Waals surface area contributed by atoms with E-state index in [1.807, 2.05) is 32.0 Å². The Labute approximate surface area is 135 Å². The van der Waals surface area contributed by atoms with Gasteiger partial charge in [-0.1, -0.05) is 17.7 Å². The highest BCUT2D eigenvalue weighted by molar-refractivity contribution is 6.01. The number of carbonyl (C=O) groups excluding carboxylic acids is 2. The minimum Gasteiger partial charge on any atom is -0.496 e. The van der Waals surface area contributed by atoms with Crippen LogP contribution in [0.3, 0.4) is 0 Å². The summed E-state index contributed by atoms with van der Waals surface area (Å²) >= 11 is 0. The Balaban J connectivity index is 1.96. The van der Waals surface area contributed by atoms with Gasteiger partial charge >= 0.3 is 0 Å². The molecule has 0 aliphatic rings. The number of nitrogens with one attached hydrogen (secondary N) is 1. The van der Waals surface area contributed by atoms with Crippen molar-refractivity contribution in [2.24, 2.45) is 0 Å². The highest BCUT2D eigenvalue weighted by Gasteiger charge is 2.14. The lowest BCUT2D eigenvalue weighted by Crippen LogP contribution is -2.15. The fourth-order valence-electron chi connectivity index (χ4n) is 2.22. The smallest absolute Gasteiger partial charge is 0.225 e. The van der Waals surface area contributed by atoms with Gasteiger partial charge in [-0.3, -0.25) is 9.59 Å². The molecule has 23 heavy (non-hydrogen) atoms. The fraction of sp³-hybridized carbons (Fsp3) is 0.278. The number of nitrogens with zero attached hydrogens (tertiary/aromatic N) is 1. The summed E-state index contributed by atoms with van der Waals surface area (Å²) in [6, 6.07) is 10.8. The van der Waals surface area contributed by atoms with Gasteiger partial charge in [0.1, 0.15) is 11.6 Å². The summed E-state index contributed by atoms with van der Waals surface area (Å²) in [5.41, 5.74) is 2.31. The van der Waals surface area contributed by atoms with Crippen molar-refractivity contribution in [3.63, 3.8) is 0 Å². The molecule has 5 heteroatoms. The van der Waals surface area contributed by atoms with Crippen LogP contribution in [0.15, 0.2) is 36.4 Å². The lowest BCUT2D eigenvalue weighted by atomic mass is 10.0. The van der Waals surface area contributed by atoms with E-state index in [0.717, 1.165) is 11.3 Å². The molecular weight excluding hydrogens is 292 g/mol. The topological polar surface area (TPSA) is 68.3 Å². The SMILES string of the molecule is COc1ccc(C)cc1C(=O)CCC(=O)Nc1cccc(C)n1. The summed E-state index contributed by atoms with van der Waals surface area (Å²) in [7, 11) is 1.53. The van der Waals surface area contributed by atoms with E-state index in [1.54, 1.807) is 18.2 Å². The molecule has 0 aliphatic carbocycles. The zero-order valence-electron chi connectivity index (χ0n) is 13.6. The van der Waals surface area contributed by atoms with Gasteiger partial charge in [0.25, 0.3) is 0 Å². The van der Waals surface area contributed by atoms with E-state index in [2.05, 4.69) is 10.3 Å². The molecule has 1 heterocycles. The normalized spacial score (nSPS) is 10.2. The van der Waals surface area contributed by atoms with E-state index < -0.39 is 0 Å². The van der Waals surface area contributed by atoms with Crippen LogP contribution in [-0.4, -0.2) is 23.8 Å². The van der Waals surface area contributed by atoms with Crippen LogP contribution in [0.4, 0.5) is 5.82 Å². The minimum atomic E-state index is -0.233. The number of anilines is 1. The summed E-state index contributed by atoms with van der Waals surface area (Å²) in [5, 5.41) is 2.70. The number of hydrogen-bond donors (Lipinski definition) is 1. The van der Waals surface area contributed by atoms with Crippen LogP contribution in [0, 0.1) is 13.8 Å². The second-order valence-electron chi connectivity index (χ2n) is 5.34. The molecule has 2 aromatic rings. The quantitative estimate of drug-likeness (QED) is 0.831. The van der Waals surface area contributed by atoms with Crippen LogP contribution in [0.25, 0.3) is 0 Å². The third kappa shape index (κ3) is 4.64. The van der Waals surface area contributed by atoms with E-state index in [0.29, 0.717) is 17.1 Å². The number of ketones is 1. The maximum Gasteiger partial charge on any atom is 0.225 e. The summed E-state index contributed by atoms with van der Waals surface area (Å²) in [6.07, 6.45) is 0.225. The molecule has 0 fully saturated rings. The lowest BCUT2D eigenvalue weighted by molar-refractivity contribution is -0.116. The van der Waals surface area contributed by atoms with Crippen LogP contribution >= 0.6 is 0 Å². The Morgan fingerprint density at radius 2 is 1.91 bits per heavy atom. The molecular formula is C18H20N2O3. The highest BCUT2D eigenvalue weighted by atomic mass is 16.5. The molecule has 0 saturated heterocycles. The molecule has 0 aliphatic heterocycles. The number of pyridine rings is 1. The molecule has 0 bridgehead atoms. The second-order valence-corrected chi connectivity index (χ2v) is 5.34. The second kappa shape index (κ2) is 7.54. The first-order chi connectivity index (χ1) is 11.0. The zero-order valence-corrected chi connectivity index (χ0v) is 13.6. The van der Waals surface area contributed by atoms with Crippen LogP contribution < -0.4 is 10.1 Å². The number of benzene rings is 1. The minimum absolute atomic E-state index is 0.103. The van der Waals surface area contributed by atoms with Crippen LogP contribution in [-0.2, 0) is 4.79 Å². The van der Waals surface area contributed by atoms with Crippen molar-refractivity contribution in [2.75, 3.05) is 12.4 Å². The van der Waals surface area contributed by atoms with Gasteiger partial charge in [0.05, 0.1) is 12.7 Å². The monoisotopic (exact) mass is 312 g/mol. The van der Waals surface area contributed by atoms with Crippen molar-refractivity contribution in [3.05, 3.63) is 53.2 Å². The first-order valence-electron chi connectivity index (χ1n) is 7.41. The van der Waals surface area contributed by atoms with Crippen LogP contribution in [0.2, 0.25) is 0 Å². The van der Waals surface area contributed by atoms with Gasteiger partial charge in [0.15, 0.2) is 5.78 Å². The first-order valence-corrected chi connectivity index (χ1v) is 7.41. The van der Waals surface area contributed by atoms with Gasteiger partial charge in [0, 0.05) is 18.5 Å². The van der Waals surface area contributed by atoms with Gasteiger partial charge in [-0.15, -0.1) is 0 Å². The number of aryl methyl sites for hydroxylation is 2. The zero-order chi connectivity index (χ0) is 16.8. The Morgan fingerprint density at radius 3 is 2.61 bits per heavy atom. The number of rotatable bonds is 6. The van der Waals surface area contributed by atoms with Crippen molar-refractivity contribution in [2.45, 2.75) is 26.7 Å². The maximum atomic E-state index is 12.3. The number of methoxy groups -OCH3 is 1. The summed E-state index contributed by atoms with van der Waals surface area (Å²) < 4.78 is 5.21. The fourth-order valence-corrected chi connectivity index (χ4v) is 2.22. The Bertz CT molecular complexity index is 726. The molecule has 0 spiro atoms. The largest absolute Gasteiger partial charge is 0.496 e. The van der Waals surface area contributed by atoms with E-state index >= 15 is 0 Å². The van der Waals surface area contributed by atoms with E-state index in [4.69, 9.17) is 4.74 Å². The molecule has 0 saturated carbocycles. The highest BCUT2D eigenvalue weighted by Crippen LogP contribution is 2.21. The third-order valence-corrected chi connectivity index (χ3v) is 3.39. The van der Waals surface area contributed by atoms with Crippen molar-refractivity contribution >= 4 is 17.5 Å². The average Bonchev–Trinajstić information content (AvgIpc) is 2.52. The molecule has 2 rings (SSSR count). The molecule has 120 valence electrons. The lowest BCUT2D eigenvalue weighted by Gasteiger charge is -2.09. The summed E-state index contributed by atoms with van der Waals surface area (Å²) in [6.45, 7) is 3.76. The van der Waals surface area contributed by atoms with Gasteiger partial charge in [0.2, 0.25) is 5.91 Å². The molecule has 0 radical (unpaired) electrons. The molecule has 1 amide bonds. The van der Waals surface area contributed by atoms with E-state index in [1.165, 1.54) is 7.11 Å². The van der Waals surface area contributed by atoms with Crippen molar-refractivity contribution in [3.8, 4) is 5.75 Å². The number of carbonyl (C=O) groups is 2. The molecule has 5 nitrogen and oxygen atoms in total. The van der Waals surface area contributed by atoms with Gasteiger partial charge in [-0.05, 0) is 38.1 Å². The van der Waals surface area contributed by atoms with Crippen LogP contribution in [0.5, 0.6) is 5.75 Å². The Kier molecular flexibility index (Phi) is 5.46. The number of amides is 1. The van der Waals surface area contributed by atoms with Gasteiger partial charge < -0.3 is 10.1 Å². The maximum absolute atomic E-state index is 12.3. The molecule has 1 aromatic carbocycles. The molecule has 0 unspecified atom stereocenters. The average molecular weight is 312 g/mol. The molecule has 1 aromatic heterocycles. The predicted molar refractivity (Wildman–Crippen MR) is 88.9 cm³/mol. The van der Waals surface area contributed by atoms with Crippen LogP contribution in [0.1, 0.15) is 34.5 Å². The van der Waals surface area contributed by atoms with E-state index in [-0.39, 0.29) is 24.5 Å². The first kappa shape index (κ1) is 16.7. The van der Waals surface area contributed by atoms with Crippen molar-refractivity contribution in [1.82, 2.24) is 4.98 Å². The van der Waals surface area contributed by atoms with Crippen molar-refractivity contribution in [1.29, 1.82) is 0 Å². The molecule has 0 atom stereocenters. The van der Waals surface area contributed by atoms with Gasteiger partial charge in [-0.2, -0.15) is 0 Å². The summed E-state index contributed by atoms with van der Waals surface area (Å²) in [5.74, 6) is 0.679. The molecule has 1 N–H and O–H groups in total. The predicted octanol–water partition coefficient (Wildman–Crippen LogP) is 3.31. The standard InChI is InChI=1S/C18H20N2O3/c1-12-7-9-16(23-3)14(11-12)15(21)8-10-18(22)20-17-6-4-5-13(2)19-17/h4-7,9,11H,8,10H2,1-3H3,(H,19,20,22).